The molecule has 0 aliphatic carbocycles. The van der Waals surface area contributed by atoms with Gasteiger partial charge in [-0.05, 0) is 28.5 Å². The molecule has 5 nitrogen and oxygen atoms in total. The molecule has 0 aliphatic rings. The number of rotatable bonds is 4. The Kier molecular flexibility index (Phi) is 6.27. The maximum absolute atomic E-state index is 12.0. The smallest absolute Gasteiger partial charge is 0.315 e. The molecule has 0 unspecified atom stereocenters. The van der Waals surface area contributed by atoms with E-state index in [1.807, 2.05) is 48.5 Å². The van der Waals surface area contributed by atoms with Gasteiger partial charge in [0.1, 0.15) is 0 Å². The first-order chi connectivity index (χ1) is 13.7. The van der Waals surface area contributed by atoms with E-state index >= 15 is 0 Å². The fourth-order valence-electron chi connectivity index (χ4n) is 2.87. The van der Waals surface area contributed by atoms with Gasteiger partial charge in [0.25, 0.3) is 5.91 Å². The number of hydrogen-bond acceptors (Lipinski definition) is 2. The van der Waals surface area contributed by atoms with Crippen molar-refractivity contribution < 1.29 is 9.59 Å². The average Bonchev–Trinajstić information content (AvgIpc) is 2.75. The zero-order chi connectivity index (χ0) is 19.8. The first kappa shape index (κ1) is 19.0. The zero-order valence-corrected chi connectivity index (χ0v) is 15.6. The number of hydrogen-bond donors (Lipinski definition) is 3. The van der Waals surface area contributed by atoms with Crippen molar-refractivity contribution in [1.29, 1.82) is 0 Å². The van der Waals surface area contributed by atoms with E-state index in [0.29, 0.717) is 17.7 Å². The molecule has 3 aromatic rings. The van der Waals surface area contributed by atoms with Crippen molar-refractivity contribution in [3.63, 3.8) is 0 Å². The molecular weight excluding hydrogens is 350 g/mol. The summed E-state index contributed by atoms with van der Waals surface area (Å²) in [6.45, 7) is 0.615. The summed E-state index contributed by atoms with van der Waals surface area (Å²) < 4.78 is 0. The highest BCUT2D eigenvalue weighted by atomic mass is 16.2. The fraction of sp³-hybridized carbons (Fsp3) is 0.130. The number of fused-ring (bicyclic) bond motifs is 1. The van der Waals surface area contributed by atoms with E-state index in [1.165, 1.54) is 0 Å². The van der Waals surface area contributed by atoms with E-state index in [0.717, 1.165) is 16.3 Å². The number of amides is 3. The predicted octanol–water partition coefficient (Wildman–Crippen LogP) is 3.05. The number of carbonyl (C=O) groups is 2. The van der Waals surface area contributed by atoms with Crippen LogP contribution in [-0.2, 0) is 6.54 Å². The van der Waals surface area contributed by atoms with Crippen molar-refractivity contribution in [1.82, 2.24) is 16.0 Å². The molecule has 28 heavy (non-hydrogen) atoms. The molecule has 0 aromatic heterocycles. The highest BCUT2D eigenvalue weighted by Crippen LogP contribution is 2.18. The molecule has 140 valence electrons. The molecule has 0 aliphatic heterocycles. The Labute approximate surface area is 164 Å². The largest absolute Gasteiger partial charge is 0.355 e. The van der Waals surface area contributed by atoms with Crippen LogP contribution < -0.4 is 16.0 Å². The summed E-state index contributed by atoms with van der Waals surface area (Å²) in [5, 5.41) is 10.4. The standard InChI is InChI=1S/C23H21N3O2/c1-24-22(27)21-14-5-3-9-18(21)12-7-15-25-23(28)26-16-19-11-6-10-17-8-2-4-13-20(17)19/h2-6,8-11,13-14H,15-16H2,1H3,(H,24,27)(H2,25,26,28). The second-order valence-corrected chi connectivity index (χ2v) is 6.10. The lowest BCUT2D eigenvalue weighted by molar-refractivity contribution is 0.0963. The minimum Gasteiger partial charge on any atom is -0.355 e. The van der Waals surface area contributed by atoms with Crippen LogP contribution in [-0.4, -0.2) is 25.5 Å². The van der Waals surface area contributed by atoms with Gasteiger partial charge >= 0.3 is 6.03 Å². The van der Waals surface area contributed by atoms with E-state index in [9.17, 15) is 9.59 Å². The van der Waals surface area contributed by atoms with Crippen molar-refractivity contribution >= 4 is 22.7 Å². The Morgan fingerprint density at radius 1 is 0.893 bits per heavy atom. The first-order valence-electron chi connectivity index (χ1n) is 8.97. The van der Waals surface area contributed by atoms with Crippen LogP contribution in [0.5, 0.6) is 0 Å². The third kappa shape index (κ3) is 4.68. The summed E-state index contributed by atoms with van der Waals surface area (Å²) in [7, 11) is 1.58. The molecule has 0 saturated carbocycles. The van der Waals surface area contributed by atoms with Gasteiger partial charge in [-0.2, -0.15) is 0 Å². The Balaban J connectivity index is 1.55. The molecule has 0 radical (unpaired) electrons. The van der Waals surface area contributed by atoms with Crippen LogP contribution in [0.25, 0.3) is 10.8 Å². The summed E-state index contributed by atoms with van der Waals surface area (Å²) in [6.07, 6.45) is 0. The van der Waals surface area contributed by atoms with Crippen molar-refractivity contribution in [2.75, 3.05) is 13.6 Å². The van der Waals surface area contributed by atoms with Gasteiger partial charge in [0, 0.05) is 19.2 Å². The maximum Gasteiger partial charge on any atom is 0.315 e. The molecule has 0 heterocycles. The second-order valence-electron chi connectivity index (χ2n) is 6.10. The van der Waals surface area contributed by atoms with E-state index in [4.69, 9.17) is 0 Å². The summed E-state index contributed by atoms with van der Waals surface area (Å²) in [6, 6.07) is 20.9. The lowest BCUT2D eigenvalue weighted by Crippen LogP contribution is -2.35. The molecule has 0 spiro atoms. The maximum atomic E-state index is 12.0. The van der Waals surface area contributed by atoms with Crippen LogP contribution in [0.15, 0.2) is 66.7 Å². The van der Waals surface area contributed by atoms with Crippen molar-refractivity contribution in [3.05, 3.63) is 83.4 Å². The van der Waals surface area contributed by atoms with Gasteiger partial charge in [-0.1, -0.05) is 66.4 Å². The number of urea groups is 1. The molecule has 0 saturated heterocycles. The third-order valence-corrected chi connectivity index (χ3v) is 4.28. The molecule has 3 N–H and O–H groups in total. The molecule has 0 fully saturated rings. The van der Waals surface area contributed by atoms with Crippen LogP contribution in [0.3, 0.4) is 0 Å². The molecular formula is C23H21N3O2. The van der Waals surface area contributed by atoms with E-state index in [2.05, 4.69) is 27.8 Å². The molecule has 5 heteroatoms. The normalized spacial score (nSPS) is 9.89. The monoisotopic (exact) mass is 371 g/mol. The second kappa shape index (κ2) is 9.24. The minimum absolute atomic E-state index is 0.184. The Morgan fingerprint density at radius 3 is 2.50 bits per heavy atom. The summed E-state index contributed by atoms with van der Waals surface area (Å²) in [5.41, 5.74) is 2.19. The molecule has 0 atom stereocenters. The molecule has 3 rings (SSSR count). The van der Waals surface area contributed by atoms with Crippen LogP contribution >= 0.6 is 0 Å². The lowest BCUT2D eigenvalue weighted by Gasteiger charge is -2.08. The number of benzene rings is 3. The van der Waals surface area contributed by atoms with Crippen LogP contribution in [0.1, 0.15) is 21.5 Å². The summed E-state index contributed by atoms with van der Waals surface area (Å²) in [5.74, 6) is 5.62. The topological polar surface area (TPSA) is 70.2 Å². The van der Waals surface area contributed by atoms with Crippen LogP contribution in [0.2, 0.25) is 0 Å². The number of carbonyl (C=O) groups excluding carboxylic acids is 2. The van der Waals surface area contributed by atoms with Crippen LogP contribution in [0.4, 0.5) is 4.79 Å². The van der Waals surface area contributed by atoms with Gasteiger partial charge in [-0.3, -0.25) is 4.79 Å². The quantitative estimate of drug-likeness (QED) is 0.617. The van der Waals surface area contributed by atoms with E-state index in [1.54, 1.807) is 25.2 Å². The average molecular weight is 371 g/mol. The van der Waals surface area contributed by atoms with Gasteiger partial charge in [0.2, 0.25) is 0 Å². The Hall–Kier alpha value is -3.78. The van der Waals surface area contributed by atoms with Gasteiger partial charge in [0.15, 0.2) is 0 Å². The molecule has 3 amide bonds. The van der Waals surface area contributed by atoms with Crippen LogP contribution in [0, 0.1) is 11.8 Å². The van der Waals surface area contributed by atoms with E-state index in [-0.39, 0.29) is 18.5 Å². The van der Waals surface area contributed by atoms with Gasteiger partial charge in [-0.15, -0.1) is 0 Å². The molecule has 3 aromatic carbocycles. The Bertz CT molecular complexity index is 1060. The summed E-state index contributed by atoms with van der Waals surface area (Å²) in [4.78, 5) is 23.9. The summed E-state index contributed by atoms with van der Waals surface area (Å²) >= 11 is 0. The fourth-order valence-corrected chi connectivity index (χ4v) is 2.87. The minimum atomic E-state index is -0.290. The third-order valence-electron chi connectivity index (χ3n) is 4.28. The highest BCUT2D eigenvalue weighted by molar-refractivity contribution is 5.96. The first-order valence-corrected chi connectivity index (χ1v) is 8.97. The SMILES string of the molecule is CNC(=O)c1ccccc1C#CCNC(=O)NCc1cccc2ccccc12. The van der Waals surface area contributed by atoms with Gasteiger partial charge in [0.05, 0.1) is 12.1 Å². The molecule has 0 bridgehead atoms. The number of nitrogens with one attached hydrogen (secondary N) is 3. The van der Waals surface area contributed by atoms with E-state index < -0.39 is 0 Å². The zero-order valence-electron chi connectivity index (χ0n) is 15.6. The van der Waals surface area contributed by atoms with Crippen molar-refractivity contribution in [3.8, 4) is 11.8 Å². The lowest BCUT2D eigenvalue weighted by atomic mass is 10.0. The highest BCUT2D eigenvalue weighted by Gasteiger charge is 2.06. The predicted molar refractivity (Wildman–Crippen MR) is 111 cm³/mol. The van der Waals surface area contributed by atoms with Gasteiger partial charge in [-0.25, -0.2) is 4.79 Å². The van der Waals surface area contributed by atoms with Gasteiger partial charge < -0.3 is 16.0 Å². The van der Waals surface area contributed by atoms with Crippen molar-refractivity contribution in [2.24, 2.45) is 0 Å². The van der Waals surface area contributed by atoms with Crippen molar-refractivity contribution in [2.45, 2.75) is 6.54 Å². The Morgan fingerprint density at radius 2 is 1.64 bits per heavy atom.